The average molecular weight is 289 g/mol. The Morgan fingerprint density at radius 3 is 2.76 bits per heavy atom. The molecule has 0 spiro atoms. The van der Waals surface area contributed by atoms with Crippen LogP contribution in [0.1, 0.15) is 43.0 Å². The molecule has 110 valence electrons. The Balaban J connectivity index is 1.72. The van der Waals surface area contributed by atoms with E-state index in [-0.39, 0.29) is 6.04 Å². The summed E-state index contributed by atoms with van der Waals surface area (Å²) in [6.07, 6.45) is 2.01. The number of fused-ring (bicyclic) bond motifs is 1. The van der Waals surface area contributed by atoms with E-state index in [0.717, 1.165) is 30.0 Å². The third-order valence-electron chi connectivity index (χ3n) is 4.59. The van der Waals surface area contributed by atoms with E-state index in [1.54, 1.807) is 6.07 Å². The Morgan fingerprint density at radius 2 is 2.05 bits per heavy atom. The zero-order valence-corrected chi connectivity index (χ0v) is 11.8. The summed E-state index contributed by atoms with van der Waals surface area (Å²) in [4.78, 5) is 0. The van der Waals surface area contributed by atoms with E-state index in [4.69, 9.17) is 5.10 Å². The zero-order valence-electron chi connectivity index (χ0n) is 11.8. The summed E-state index contributed by atoms with van der Waals surface area (Å²) in [5.74, 6) is 0.626. The van der Waals surface area contributed by atoms with Crippen LogP contribution in [-0.4, -0.2) is 16.3 Å². The number of aromatic nitrogens is 2. The molecule has 5 heteroatoms. The lowest BCUT2D eigenvalue weighted by Crippen LogP contribution is -2.24. The molecule has 1 aromatic heterocycles. The van der Waals surface area contributed by atoms with Crippen molar-refractivity contribution >= 4 is 5.82 Å². The smallest absolute Gasteiger partial charge is 0.159 e. The van der Waals surface area contributed by atoms with Crippen molar-refractivity contribution in [1.82, 2.24) is 9.78 Å². The Hall–Kier alpha value is -1.91. The van der Waals surface area contributed by atoms with Gasteiger partial charge in [-0.3, -0.25) is 0 Å². The lowest BCUT2D eigenvalue weighted by atomic mass is 10.0. The van der Waals surface area contributed by atoms with Crippen LogP contribution in [0.3, 0.4) is 0 Å². The van der Waals surface area contributed by atoms with E-state index < -0.39 is 11.6 Å². The fourth-order valence-corrected chi connectivity index (χ4v) is 3.19. The Labute approximate surface area is 122 Å². The van der Waals surface area contributed by atoms with E-state index in [1.807, 2.05) is 4.68 Å². The van der Waals surface area contributed by atoms with Gasteiger partial charge in [-0.15, -0.1) is 0 Å². The largest absolute Gasteiger partial charge is 0.370 e. The average Bonchev–Trinajstić information content (AvgIpc) is 3.04. The van der Waals surface area contributed by atoms with Gasteiger partial charge in [0.1, 0.15) is 5.82 Å². The molecule has 2 aromatic rings. The van der Waals surface area contributed by atoms with Crippen LogP contribution in [0.25, 0.3) is 0 Å². The molecule has 3 nitrogen and oxygen atoms in total. The summed E-state index contributed by atoms with van der Waals surface area (Å²) >= 11 is 0. The van der Waals surface area contributed by atoms with Crippen LogP contribution < -0.4 is 5.32 Å². The molecule has 0 amide bonds. The van der Waals surface area contributed by atoms with Crippen LogP contribution in [-0.2, 0) is 0 Å². The highest BCUT2D eigenvalue weighted by atomic mass is 19.2. The maximum atomic E-state index is 13.5. The molecule has 0 bridgehead atoms. The predicted molar refractivity (Wildman–Crippen MR) is 76.4 cm³/mol. The Bertz CT molecular complexity index is 695. The normalized spacial score (nSPS) is 27.1. The van der Waals surface area contributed by atoms with E-state index >= 15 is 0 Å². The highest BCUT2D eigenvalue weighted by Gasteiger charge is 2.37. The highest BCUT2D eigenvalue weighted by Crippen LogP contribution is 2.47. The fraction of sp³-hybridized carbons (Fsp3) is 0.438. The Morgan fingerprint density at radius 1 is 1.24 bits per heavy atom. The van der Waals surface area contributed by atoms with Crippen molar-refractivity contribution < 1.29 is 8.78 Å². The maximum Gasteiger partial charge on any atom is 0.159 e. The van der Waals surface area contributed by atoms with Crippen molar-refractivity contribution in [2.45, 2.75) is 31.7 Å². The SMILES string of the molecule is CC1CC1c1cc2n(n1)C(c1ccc(F)c(F)c1)CCN2. The van der Waals surface area contributed by atoms with Crippen molar-refractivity contribution in [2.24, 2.45) is 5.92 Å². The molecule has 2 aliphatic rings. The van der Waals surface area contributed by atoms with Gasteiger partial charge in [-0.25, -0.2) is 13.5 Å². The van der Waals surface area contributed by atoms with Crippen LogP contribution in [0.2, 0.25) is 0 Å². The van der Waals surface area contributed by atoms with Gasteiger partial charge in [0.15, 0.2) is 11.6 Å². The summed E-state index contributed by atoms with van der Waals surface area (Å²) in [6.45, 7) is 3.04. The number of nitrogens with one attached hydrogen (secondary N) is 1. The van der Waals surface area contributed by atoms with Gasteiger partial charge in [-0.2, -0.15) is 5.10 Å². The second-order valence-electron chi connectivity index (χ2n) is 6.12. The summed E-state index contributed by atoms with van der Waals surface area (Å²) in [6, 6.07) is 6.20. The van der Waals surface area contributed by atoms with Crippen molar-refractivity contribution in [2.75, 3.05) is 11.9 Å². The van der Waals surface area contributed by atoms with Crippen molar-refractivity contribution in [3.05, 3.63) is 47.2 Å². The van der Waals surface area contributed by atoms with Crippen molar-refractivity contribution in [1.29, 1.82) is 0 Å². The predicted octanol–water partition coefficient (Wildman–Crippen LogP) is 3.69. The minimum Gasteiger partial charge on any atom is -0.370 e. The van der Waals surface area contributed by atoms with Crippen LogP contribution >= 0.6 is 0 Å². The van der Waals surface area contributed by atoms with Gasteiger partial charge >= 0.3 is 0 Å². The van der Waals surface area contributed by atoms with Crippen LogP contribution in [0.4, 0.5) is 14.6 Å². The summed E-state index contributed by atoms with van der Waals surface area (Å²) in [7, 11) is 0. The molecule has 1 aliphatic carbocycles. The van der Waals surface area contributed by atoms with Gasteiger partial charge in [0, 0.05) is 18.5 Å². The first kappa shape index (κ1) is 12.8. The molecule has 4 rings (SSSR count). The first-order chi connectivity index (χ1) is 10.1. The second kappa shape index (κ2) is 4.55. The maximum absolute atomic E-state index is 13.5. The first-order valence-corrected chi connectivity index (χ1v) is 7.42. The summed E-state index contributed by atoms with van der Waals surface area (Å²) in [5.41, 5.74) is 1.88. The molecular weight excluding hydrogens is 272 g/mol. The molecular formula is C16H17F2N3. The van der Waals surface area contributed by atoms with Crippen LogP contribution in [0, 0.1) is 17.6 Å². The minimum atomic E-state index is -0.805. The number of nitrogens with zero attached hydrogens (tertiary/aromatic N) is 2. The monoisotopic (exact) mass is 289 g/mol. The van der Waals surface area contributed by atoms with Gasteiger partial charge < -0.3 is 5.32 Å². The van der Waals surface area contributed by atoms with E-state index in [1.165, 1.54) is 18.6 Å². The highest BCUT2D eigenvalue weighted by molar-refractivity contribution is 5.43. The molecule has 21 heavy (non-hydrogen) atoms. The topological polar surface area (TPSA) is 29.9 Å². The van der Waals surface area contributed by atoms with Crippen molar-refractivity contribution in [3.8, 4) is 0 Å². The second-order valence-corrected chi connectivity index (χ2v) is 6.12. The minimum absolute atomic E-state index is 0.0286. The molecule has 1 N–H and O–H groups in total. The number of rotatable bonds is 2. The quantitative estimate of drug-likeness (QED) is 0.913. The third kappa shape index (κ3) is 2.11. The van der Waals surface area contributed by atoms with E-state index in [9.17, 15) is 8.78 Å². The lowest BCUT2D eigenvalue weighted by molar-refractivity contribution is 0.466. The van der Waals surface area contributed by atoms with Gasteiger partial charge in [-0.1, -0.05) is 13.0 Å². The third-order valence-corrected chi connectivity index (χ3v) is 4.59. The van der Waals surface area contributed by atoms with Gasteiger partial charge in [0.2, 0.25) is 0 Å². The summed E-state index contributed by atoms with van der Waals surface area (Å²) < 4.78 is 28.5. The van der Waals surface area contributed by atoms with Crippen LogP contribution in [0.15, 0.2) is 24.3 Å². The molecule has 3 atom stereocenters. The van der Waals surface area contributed by atoms with Gasteiger partial charge in [0.05, 0.1) is 11.7 Å². The number of hydrogen-bond acceptors (Lipinski definition) is 2. The number of anilines is 1. The number of hydrogen-bond donors (Lipinski definition) is 1. The van der Waals surface area contributed by atoms with Gasteiger partial charge in [-0.05, 0) is 36.5 Å². The van der Waals surface area contributed by atoms with E-state index in [2.05, 4.69) is 18.3 Å². The number of benzene rings is 1. The molecule has 0 radical (unpaired) electrons. The van der Waals surface area contributed by atoms with Crippen molar-refractivity contribution in [3.63, 3.8) is 0 Å². The molecule has 1 fully saturated rings. The van der Waals surface area contributed by atoms with E-state index in [0.29, 0.717) is 11.8 Å². The molecule has 1 aliphatic heterocycles. The summed E-state index contributed by atoms with van der Waals surface area (Å²) in [5, 5.41) is 8.05. The molecule has 1 saturated carbocycles. The first-order valence-electron chi connectivity index (χ1n) is 7.42. The molecule has 0 saturated heterocycles. The molecule has 3 unspecified atom stereocenters. The standard InChI is InChI=1S/C16H17F2N3/c1-9-6-11(9)14-8-16-19-5-4-15(21(16)20-14)10-2-3-12(17)13(18)7-10/h2-3,7-9,11,15,19H,4-6H2,1H3. The molecule has 2 heterocycles. The number of halogens is 2. The molecule has 1 aromatic carbocycles. The van der Waals surface area contributed by atoms with Gasteiger partial charge in [0.25, 0.3) is 0 Å². The zero-order chi connectivity index (χ0) is 14.6. The lowest BCUT2D eigenvalue weighted by Gasteiger charge is -2.26. The van der Waals surface area contributed by atoms with Crippen LogP contribution in [0.5, 0.6) is 0 Å². The Kier molecular flexibility index (Phi) is 2.77. The fourth-order valence-electron chi connectivity index (χ4n) is 3.19.